The Morgan fingerprint density at radius 2 is 1.41 bits per heavy atom. The number of nitrogens with zero attached hydrogens (tertiary/aromatic N) is 1. The highest BCUT2D eigenvalue weighted by Gasteiger charge is 2.52. The fourth-order valence-electron chi connectivity index (χ4n) is 4.40. The molecule has 1 rings (SSSR count). The Labute approximate surface area is 194 Å². The van der Waals surface area contributed by atoms with E-state index in [2.05, 4.69) is 11.1 Å². The fourth-order valence-corrected chi connectivity index (χ4v) is 4.95. The maximum absolute atomic E-state index is 10.8. The molecule has 0 aromatic carbocycles. The molecule has 0 aliphatic heterocycles. The van der Waals surface area contributed by atoms with Gasteiger partial charge in [-0.05, 0) is 46.0 Å². The summed E-state index contributed by atoms with van der Waals surface area (Å²) in [5, 5.41) is 37.5. The van der Waals surface area contributed by atoms with E-state index in [9.17, 15) is 13.5 Å². The third-order valence-electron chi connectivity index (χ3n) is 6.25. The molecule has 10 heteroatoms. The van der Waals surface area contributed by atoms with Gasteiger partial charge in [0.2, 0.25) is 0 Å². The van der Waals surface area contributed by atoms with Crippen LogP contribution in [-0.4, -0.2) is 68.7 Å². The molecule has 1 saturated carbocycles. The highest BCUT2D eigenvalue weighted by atomic mass is 32.3. The number of hydrogen-bond acceptors (Lipinski definition) is 8. The zero-order valence-corrected chi connectivity index (χ0v) is 21.3. The van der Waals surface area contributed by atoms with Crippen LogP contribution >= 0.6 is 0 Å². The van der Waals surface area contributed by atoms with Gasteiger partial charge in [-0.1, -0.05) is 65.2 Å². The topological polar surface area (TPSA) is 148 Å². The van der Waals surface area contributed by atoms with Gasteiger partial charge in [0.15, 0.2) is 0 Å². The molecular weight excluding hydrogens is 438 g/mol. The Balaban J connectivity index is 0.000000809. The van der Waals surface area contributed by atoms with E-state index >= 15 is 0 Å². The van der Waals surface area contributed by atoms with Crippen LogP contribution in [0.25, 0.3) is 0 Å². The van der Waals surface area contributed by atoms with Crippen molar-refractivity contribution < 1.29 is 37.6 Å². The van der Waals surface area contributed by atoms with Gasteiger partial charge >= 0.3 is 10.4 Å². The summed E-state index contributed by atoms with van der Waals surface area (Å²) in [5.41, 5.74) is -1.10. The van der Waals surface area contributed by atoms with Crippen LogP contribution in [0.5, 0.6) is 0 Å². The van der Waals surface area contributed by atoms with Crippen molar-refractivity contribution in [1.82, 2.24) is 4.90 Å². The summed E-state index contributed by atoms with van der Waals surface area (Å²) >= 11 is 0. The lowest BCUT2D eigenvalue weighted by Crippen LogP contribution is -2.58. The lowest BCUT2D eigenvalue weighted by molar-refractivity contribution is -0.170. The molecule has 1 aliphatic rings. The zero-order chi connectivity index (χ0) is 24.9. The molecule has 0 aromatic heterocycles. The first-order chi connectivity index (χ1) is 14.8. The number of aliphatic hydroxyl groups excluding tert-OH is 3. The smallest absolute Gasteiger partial charge is 0.387 e. The van der Waals surface area contributed by atoms with Crippen LogP contribution in [0.1, 0.15) is 105 Å². The normalized spacial score (nSPS) is 24.8. The van der Waals surface area contributed by atoms with Gasteiger partial charge in [-0.15, -0.1) is 0 Å². The molecule has 0 heterocycles. The predicted molar refractivity (Wildman–Crippen MR) is 124 cm³/mol. The van der Waals surface area contributed by atoms with Crippen LogP contribution in [0.3, 0.4) is 0 Å². The lowest BCUT2D eigenvalue weighted by Gasteiger charge is -2.48. The molecular formula is C22H47NO8S. The van der Waals surface area contributed by atoms with Crippen molar-refractivity contribution in [3.63, 3.8) is 0 Å². The summed E-state index contributed by atoms with van der Waals surface area (Å²) in [6.07, 6.45) is 7.93. The van der Waals surface area contributed by atoms with Crippen molar-refractivity contribution in [3.05, 3.63) is 0 Å². The molecule has 32 heavy (non-hydrogen) atoms. The van der Waals surface area contributed by atoms with E-state index in [0.717, 1.165) is 25.7 Å². The Morgan fingerprint density at radius 3 is 1.72 bits per heavy atom. The number of aliphatic hydroxyl groups is 4. The van der Waals surface area contributed by atoms with Crippen molar-refractivity contribution in [2.75, 3.05) is 0 Å². The highest BCUT2D eigenvalue weighted by Crippen LogP contribution is 2.44. The van der Waals surface area contributed by atoms with E-state index < -0.39 is 40.8 Å². The van der Waals surface area contributed by atoms with E-state index in [1.807, 2.05) is 6.92 Å². The van der Waals surface area contributed by atoms with Gasteiger partial charge in [-0.2, -0.15) is 8.42 Å². The molecule has 9 nitrogen and oxygen atoms in total. The van der Waals surface area contributed by atoms with Crippen molar-refractivity contribution in [1.29, 1.82) is 0 Å². The van der Waals surface area contributed by atoms with Crippen LogP contribution in [0.4, 0.5) is 0 Å². The van der Waals surface area contributed by atoms with Gasteiger partial charge < -0.3 is 20.4 Å². The standard InChI is InChI=1S/C16H32O5S.C6H15NO3/c1-3-5-6-7-8-9-10-11-14(4-2)16(17)13-12-15(16)21-22(18,19)20;1-4(8)7(5(2)9)6(3)10/h14-15,17H,3-13H2,1-2H3,(H,18,19,20);4-6,8-10H,1-3H3. The first-order valence-electron chi connectivity index (χ1n) is 12.0. The minimum absolute atomic E-state index is 0.0311. The van der Waals surface area contributed by atoms with Crippen LogP contribution in [0.2, 0.25) is 0 Å². The molecule has 0 radical (unpaired) electrons. The SMILES string of the molecule is CC(O)N(C(C)O)C(C)O.CCCCCCCCCC(CC)C1(O)CCC1OS(=O)(=O)O. The summed E-state index contributed by atoms with van der Waals surface area (Å²) in [5.74, 6) is 0.0311. The summed E-state index contributed by atoms with van der Waals surface area (Å²) in [6, 6.07) is 0. The minimum atomic E-state index is -4.50. The Hall–Kier alpha value is -0.330. The fraction of sp³-hybridized carbons (Fsp3) is 1.00. The monoisotopic (exact) mass is 485 g/mol. The molecule has 0 spiro atoms. The molecule has 0 saturated heterocycles. The molecule has 0 amide bonds. The highest BCUT2D eigenvalue weighted by molar-refractivity contribution is 7.80. The molecule has 1 fully saturated rings. The second-order valence-corrected chi connectivity index (χ2v) is 9.95. The van der Waals surface area contributed by atoms with Gasteiger partial charge in [-0.25, -0.2) is 9.08 Å². The van der Waals surface area contributed by atoms with Crippen LogP contribution in [0, 0.1) is 5.92 Å². The Kier molecular flexibility index (Phi) is 15.4. The maximum atomic E-state index is 10.8. The summed E-state index contributed by atoms with van der Waals surface area (Å²) < 4.78 is 35.1. The zero-order valence-electron chi connectivity index (χ0n) is 20.5. The van der Waals surface area contributed by atoms with Gasteiger partial charge in [0, 0.05) is 0 Å². The second kappa shape index (κ2) is 15.5. The molecule has 1 aliphatic carbocycles. The molecule has 6 atom stereocenters. The number of unbranched alkanes of at least 4 members (excludes halogenated alkanes) is 6. The average molecular weight is 486 g/mol. The predicted octanol–water partition coefficient (Wildman–Crippen LogP) is 3.17. The first kappa shape index (κ1) is 31.7. The van der Waals surface area contributed by atoms with Crippen molar-refractivity contribution in [3.8, 4) is 0 Å². The summed E-state index contributed by atoms with van der Waals surface area (Å²) in [6.45, 7) is 8.67. The van der Waals surface area contributed by atoms with E-state index in [1.165, 1.54) is 57.8 Å². The van der Waals surface area contributed by atoms with Crippen LogP contribution in [0.15, 0.2) is 0 Å². The molecule has 0 aromatic rings. The van der Waals surface area contributed by atoms with E-state index in [-0.39, 0.29) is 5.92 Å². The number of rotatable bonds is 15. The molecule has 0 bridgehead atoms. The van der Waals surface area contributed by atoms with Crippen LogP contribution < -0.4 is 0 Å². The first-order valence-corrected chi connectivity index (χ1v) is 13.4. The van der Waals surface area contributed by atoms with Crippen molar-refractivity contribution in [2.24, 2.45) is 5.92 Å². The van der Waals surface area contributed by atoms with E-state index in [1.54, 1.807) is 0 Å². The third-order valence-corrected chi connectivity index (χ3v) is 6.73. The lowest BCUT2D eigenvalue weighted by atomic mass is 9.66. The van der Waals surface area contributed by atoms with Gasteiger partial charge in [0.25, 0.3) is 0 Å². The largest absolute Gasteiger partial charge is 0.397 e. The average Bonchev–Trinajstić information content (AvgIpc) is 2.66. The second-order valence-electron chi connectivity index (χ2n) is 8.90. The summed E-state index contributed by atoms with van der Waals surface area (Å²) in [4.78, 5) is 1.17. The number of hydrogen-bond donors (Lipinski definition) is 5. The molecule has 5 N–H and O–H groups in total. The van der Waals surface area contributed by atoms with E-state index in [0.29, 0.717) is 12.8 Å². The Morgan fingerprint density at radius 1 is 0.938 bits per heavy atom. The quantitative estimate of drug-likeness (QED) is 0.134. The van der Waals surface area contributed by atoms with Crippen molar-refractivity contribution in [2.45, 2.75) is 136 Å². The van der Waals surface area contributed by atoms with Crippen molar-refractivity contribution >= 4 is 10.4 Å². The van der Waals surface area contributed by atoms with E-state index in [4.69, 9.17) is 19.9 Å². The minimum Gasteiger partial charge on any atom is -0.387 e. The van der Waals surface area contributed by atoms with Crippen LogP contribution in [-0.2, 0) is 14.6 Å². The van der Waals surface area contributed by atoms with Gasteiger partial charge in [0.05, 0.1) is 5.60 Å². The third kappa shape index (κ3) is 11.7. The molecule has 194 valence electrons. The summed E-state index contributed by atoms with van der Waals surface area (Å²) in [7, 11) is -4.50. The maximum Gasteiger partial charge on any atom is 0.397 e. The Bertz CT molecular complexity index is 565. The van der Waals surface area contributed by atoms with Gasteiger partial charge in [0.1, 0.15) is 24.8 Å². The molecule has 6 unspecified atom stereocenters. The van der Waals surface area contributed by atoms with Gasteiger partial charge in [-0.3, -0.25) is 4.55 Å².